The number of nitrogens with one attached hydrogen (secondary N) is 1. The topological polar surface area (TPSA) is 58.1 Å². The second kappa shape index (κ2) is 5.91. The molecule has 1 aromatic heterocycles. The smallest absolute Gasteiger partial charge is 0.223 e. The first-order valence-electron chi connectivity index (χ1n) is 7.89. The molecule has 2 fully saturated rings. The Morgan fingerprint density at radius 3 is 2.81 bits per heavy atom. The molecule has 1 spiro atoms. The average molecular weight is 308 g/mol. The maximum atomic E-state index is 12.2. The molecule has 6 heteroatoms. The second-order valence-electron chi connectivity index (χ2n) is 6.81. The molecule has 0 radical (unpaired) electrons. The van der Waals surface area contributed by atoms with Crippen molar-refractivity contribution in [2.24, 2.45) is 11.3 Å². The van der Waals surface area contributed by atoms with Gasteiger partial charge in [0.25, 0.3) is 0 Å². The molecule has 5 nitrogen and oxygen atoms in total. The Morgan fingerprint density at radius 2 is 2.19 bits per heavy atom. The molecule has 0 bridgehead atoms. The van der Waals surface area contributed by atoms with Crippen molar-refractivity contribution in [3.8, 4) is 0 Å². The fourth-order valence-corrected chi connectivity index (χ4v) is 4.38. The summed E-state index contributed by atoms with van der Waals surface area (Å²) in [6.07, 6.45) is 5.68. The Bertz CT molecular complexity index is 480. The molecule has 2 aliphatic rings. The molecular formula is C15H24N4OS. The number of aromatic nitrogens is 2. The van der Waals surface area contributed by atoms with Crippen LogP contribution < -0.4 is 10.2 Å². The molecular weight excluding hydrogens is 284 g/mol. The molecule has 1 atom stereocenters. The van der Waals surface area contributed by atoms with Crippen molar-refractivity contribution in [2.45, 2.75) is 52.0 Å². The fraction of sp³-hybridized carbons (Fsp3) is 0.800. The van der Waals surface area contributed by atoms with E-state index in [2.05, 4.69) is 20.4 Å². The summed E-state index contributed by atoms with van der Waals surface area (Å²) in [7, 11) is 0. The van der Waals surface area contributed by atoms with Crippen LogP contribution in [0.25, 0.3) is 0 Å². The SMILES string of the molecule is CC(C)NC(=O)C1CCC2(CCN(c3nncs3)CC2)C1. The van der Waals surface area contributed by atoms with E-state index in [1.807, 2.05) is 13.8 Å². The molecule has 1 aliphatic carbocycles. The van der Waals surface area contributed by atoms with E-state index in [1.165, 1.54) is 19.3 Å². The van der Waals surface area contributed by atoms with E-state index in [0.717, 1.165) is 31.1 Å². The van der Waals surface area contributed by atoms with Crippen LogP contribution in [0.3, 0.4) is 0 Å². The van der Waals surface area contributed by atoms with Crippen LogP contribution in [0.4, 0.5) is 5.13 Å². The highest BCUT2D eigenvalue weighted by molar-refractivity contribution is 7.13. The standard InChI is InChI=1S/C15H24N4OS/c1-11(2)17-13(20)12-3-4-15(9-12)5-7-19(8-6-15)14-18-16-10-21-14/h10-12H,3-9H2,1-2H3,(H,17,20). The normalized spacial score (nSPS) is 24.7. The summed E-state index contributed by atoms with van der Waals surface area (Å²) in [6, 6.07) is 0.244. The number of nitrogens with zero attached hydrogens (tertiary/aromatic N) is 3. The highest BCUT2D eigenvalue weighted by Gasteiger charge is 2.43. The zero-order chi connectivity index (χ0) is 14.9. The summed E-state index contributed by atoms with van der Waals surface area (Å²) in [5.41, 5.74) is 2.18. The third-order valence-corrected chi connectivity index (χ3v) is 5.70. The first-order chi connectivity index (χ1) is 10.1. The largest absolute Gasteiger partial charge is 0.354 e. The summed E-state index contributed by atoms with van der Waals surface area (Å²) in [4.78, 5) is 14.5. The van der Waals surface area contributed by atoms with E-state index in [0.29, 0.717) is 5.41 Å². The summed E-state index contributed by atoms with van der Waals surface area (Å²) in [6.45, 7) is 6.16. The van der Waals surface area contributed by atoms with Gasteiger partial charge in [0.2, 0.25) is 11.0 Å². The van der Waals surface area contributed by atoms with E-state index in [9.17, 15) is 4.79 Å². The minimum absolute atomic E-state index is 0.223. The number of anilines is 1. The van der Waals surface area contributed by atoms with Gasteiger partial charge < -0.3 is 10.2 Å². The zero-order valence-corrected chi connectivity index (χ0v) is 13.7. The van der Waals surface area contributed by atoms with Crippen LogP contribution in [0.15, 0.2) is 5.51 Å². The van der Waals surface area contributed by atoms with Crippen LogP contribution in [0.5, 0.6) is 0 Å². The highest BCUT2D eigenvalue weighted by atomic mass is 32.1. The Hall–Kier alpha value is -1.17. The summed E-state index contributed by atoms with van der Waals surface area (Å²) >= 11 is 1.61. The van der Waals surface area contributed by atoms with Gasteiger partial charge in [0.15, 0.2) is 0 Å². The lowest BCUT2D eigenvalue weighted by Gasteiger charge is -2.39. The molecule has 3 rings (SSSR count). The molecule has 1 saturated heterocycles. The highest BCUT2D eigenvalue weighted by Crippen LogP contribution is 2.49. The lowest BCUT2D eigenvalue weighted by Crippen LogP contribution is -2.40. The molecule has 1 aromatic rings. The van der Waals surface area contributed by atoms with E-state index in [1.54, 1.807) is 16.8 Å². The predicted octanol–water partition coefficient (Wildman–Crippen LogP) is 2.45. The van der Waals surface area contributed by atoms with Crippen molar-refractivity contribution in [2.75, 3.05) is 18.0 Å². The maximum Gasteiger partial charge on any atom is 0.223 e. The molecule has 1 amide bonds. The lowest BCUT2D eigenvalue weighted by molar-refractivity contribution is -0.125. The molecule has 116 valence electrons. The Kier molecular flexibility index (Phi) is 4.15. The number of amides is 1. The third kappa shape index (κ3) is 3.20. The Labute approximate surface area is 130 Å². The number of rotatable bonds is 3. The number of piperidine rings is 1. The Morgan fingerprint density at radius 1 is 1.43 bits per heavy atom. The van der Waals surface area contributed by atoms with Gasteiger partial charge in [-0.15, -0.1) is 10.2 Å². The molecule has 1 N–H and O–H groups in total. The molecule has 21 heavy (non-hydrogen) atoms. The first-order valence-corrected chi connectivity index (χ1v) is 8.77. The first kappa shape index (κ1) is 14.8. The number of carbonyl (C=O) groups excluding carboxylic acids is 1. The Balaban J connectivity index is 1.55. The van der Waals surface area contributed by atoms with Gasteiger partial charge >= 0.3 is 0 Å². The average Bonchev–Trinajstić information content (AvgIpc) is 3.09. The lowest BCUT2D eigenvalue weighted by atomic mass is 9.76. The number of hydrogen-bond donors (Lipinski definition) is 1. The van der Waals surface area contributed by atoms with Crippen molar-refractivity contribution < 1.29 is 4.79 Å². The summed E-state index contributed by atoms with van der Waals surface area (Å²) in [5.74, 6) is 0.480. The van der Waals surface area contributed by atoms with Crippen LogP contribution in [0.1, 0.15) is 46.0 Å². The van der Waals surface area contributed by atoms with Crippen molar-refractivity contribution >= 4 is 22.4 Å². The van der Waals surface area contributed by atoms with E-state index >= 15 is 0 Å². The van der Waals surface area contributed by atoms with E-state index in [-0.39, 0.29) is 17.9 Å². The van der Waals surface area contributed by atoms with Crippen molar-refractivity contribution in [3.05, 3.63) is 5.51 Å². The third-order valence-electron chi connectivity index (χ3n) is 4.95. The summed E-state index contributed by atoms with van der Waals surface area (Å²) < 4.78 is 0. The molecule has 1 unspecified atom stereocenters. The van der Waals surface area contributed by atoms with Crippen LogP contribution >= 0.6 is 11.3 Å². The molecule has 2 heterocycles. The monoisotopic (exact) mass is 308 g/mol. The molecule has 1 saturated carbocycles. The maximum absolute atomic E-state index is 12.2. The van der Waals surface area contributed by atoms with Gasteiger partial charge in [-0.25, -0.2) is 0 Å². The van der Waals surface area contributed by atoms with Crippen molar-refractivity contribution in [1.82, 2.24) is 15.5 Å². The minimum atomic E-state index is 0.223. The van der Waals surface area contributed by atoms with Gasteiger partial charge in [0.1, 0.15) is 5.51 Å². The van der Waals surface area contributed by atoms with Crippen molar-refractivity contribution in [1.29, 1.82) is 0 Å². The van der Waals surface area contributed by atoms with Crippen LogP contribution in [0, 0.1) is 11.3 Å². The van der Waals surface area contributed by atoms with Gasteiger partial charge in [-0.05, 0) is 51.4 Å². The second-order valence-corrected chi connectivity index (χ2v) is 7.62. The summed E-state index contributed by atoms with van der Waals surface area (Å²) in [5, 5.41) is 12.2. The van der Waals surface area contributed by atoms with E-state index in [4.69, 9.17) is 0 Å². The van der Waals surface area contributed by atoms with Crippen molar-refractivity contribution in [3.63, 3.8) is 0 Å². The molecule has 1 aliphatic heterocycles. The minimum Gasteiger partial charge on any atom is -0.354 e. The van der Waals surface area contributed by atoms with Gasteiger partial charge in [0.05, 0.1) is 0 Å². The van der Waals surface area contributed by atoms with Crippen LogP contribution in [-0.2, 0) is 4.79 Å². The van der Waals surface area contributed by atoms with E-state index < -0.39 is 0 Å². The molecule has 0 aromatic carbocycles. The zero-order valence-electron chi connectivity index (χ0n) is 12.8. The van der Waals surface area contributed by atoms with Crippen LogP contribution in [-0.4, -0.2) is 35.2 Å². The fourth-order valence-electron chi connectivity index (χ4n) is 3.76. The van der Waals surface area contributed by atoms with Gasteiger partial charge in [-0.1, -0.05) is 11.3 Å². The number of hydrogen-bond acceptors (Lipinski definition) is 5. The van der Waals surface area contributed by atoms with Gasteiger partial charge in [-0.2, -0.15) is 0 Å². The van der Waals surface area contributed by atoms with Gasteiger partial charge in [-0.3, -0.25) is 4.79 Å². The van der Waals surface area contributed by atoms with Crippen LogP contribution in [0.2, 0.25) is 0 Å². The van der Waals surface area contributed by atoms with Gasteiger partial charge in [0, 0.05) is 25.0 Å². The predicted molar refractivity (Wildman–Crippen MR) is 84.4 cm³/mol. The quantitative estimate of drug-likeness (QED) is 0.932. The number of carbonyl (C=O) groups is 1.